The SMILES string of the molecule is COC1CCN(c2cc(Cl)ncc2C#Cc2cnn(C)c2)CC1. The molecule has 0 aromatic carbocycles. The molecule has 0 atom stereocenters. The van der Waals surface area contributed by atoms with E-state index in [-0.39, 0.29) is 0 Å². The highest BCUT2D eigenvalue weighted by molar-refractivity contribution is 6.29. The monoisotopic (exact) mass is 330 g/mol. The van der Waals surface area contributed by atoms with Gasteiger partial charge >= 0.3 is 0 Å². The van der Waals surface area contributed by atoms with Gasteiger partial charge in [0.2, 0.25) is 0 Å². The van der Waals surface area contributed by atoms with Gasteiger partial charge in [-0.3, -0.25) is 4.68 Å². The van der Waals surface area contributed by atoms with Gasteiger partial charge < -0.3 is 9.64 Å². The zero-order chi connectivity index (χ0) is 16.2. The molecule has 120 valence electrons. The first-order chi connectivity index (χ1) is 11.2. The van der Waals surface area contributed by atoms with Crippen molar-refractivity contribution in [1.29, 1.82) is 0 Å². The van der Waals surface area contributed by atoms with Crippen molar-refractivity contribution in [3.8, 4) is 11.8 Å². The van der Waals surface area contributed by atoms with Gasteiger partial charge in [-0.05, 0) is 12.8 Å². The Hall–Kier alpha value is -2.03. The molecule has 0 aliphatic carbocycles. The Morgan fingerprint density at radius 3 is 2.70 bits per heavy atom. The Morgan fingerprint density at radius 2 is 2.04 bits per heavy atom. The summed E-state index contributed by atoms with van der Waals surface area (Å²) >= 11 is 6.09. The third-order valence-electron chi connectivity index (χ3n) is 4.01. The predicted octanol–water partition coefficient (Wildman–Crippen LogP) is 2.48. The van der Waals surface area contributed by atoms with E-state index in [1.54, 1.807) is 24.2 Å². The summed E-state index contributed by atoms with van der Waals surface area (Å²) < 4.78 is 7.17. The first-order valence-electron chi connectivity index (χ1n) is 7.59. The van der Waals surface area contributed by atoms with Crippen LogP contribution < -0.4 is 4.90 Å². The number of anilines is 1. The summed E-state index contributed by atoms with van der Waals surface area (Å²) in [6.07, 6.45) is 7.73. The van der Waals surface area contributed by atoms with Crippen molar-refractivity contribution < 1.29 is 4.74 Å². The highest BCUT2D eigenvalue weighted by Gasteiger charge is 2.20. The van der Waals surface area contributed by atoms with Gasteiger partial charge in [0.15, 0.2) is 0 Å². The third-order valence-corrected chi connectivity index (χ3v) is 4.22. The molecule has 0 amide bonds. The second kappa shape index (κ2) is 7.03. The molecule has 0 spiro atoms. The number of piperidine rings is 1. The number of rotatable bonds is 2. The van der Waals surface area contributed by atoms with Crippen LogP contribution in [0.1, 0.15) is 24.0 Å². The quantitative estimate of drug-likeness (QED) is 0.627. The molecule has 3 rings (SSSR count). The lowest BCUT2D eigenvalue weighted by atomic mass is 10.1. The number of ether oxygens (including phenoxy) is 1. The standard InChI is InChI=1S/C17H19ClN4O/c1-21-12-13(10-20-21)3-4-14-11-19-17(18)9-16(14)22-7-5-15(23-2)6-8-22/h9-12,15H,5-8H2,1-2H3. The summed E-state index contributed by atoms with van der Waals surface area (Å²) in [5.41, 5.74) is 2.80. The van der Waals surface area contributed by atoms with Crippen LogP contribution in [0.5, 0.6) is 0 Å². The number of hydrogen-bond donors (Lipinski definition) is 0. The van der Waals surface area contributed by atoms with Crippen molar-refractivity contribution >= 4 is 17.3 Å². The largest absolute Gasteiger partial charge is 0.381 e. The summed E-state index contributed by atoms with van der Waals surface area (Å²) in [6.45, 7) is 1.86. The van der Waals surface area contributed by atoms with Gasteiger partial charge in [0, 0.05) is 45.7 Å². The van der Waals surface area contributed by atoms with Gasteiger partial charge in [0.05, 0.1) is 29.1 Å². The summed E-state index contributed by atoms with van der Waals surface area (Å²) in [5.74, 6) is 6.33. The highest BCUT2D eigenvalue weighted by Crippen LogP contribution is 2.26. The topological polar surface area (TPSA) is 43.2 Å². The fourth-order valence-corrected chi connectivity index (χ4v) is 2.89. The smallest absolute Gasteiger partial charge is 0.131 e. The molecule has 2 aromatic rings. The lowest BCUT2D eigenvalue weighted by Gasteiger charge is -2.33. The zero-order valence-electron chi connectivity index (χ0n) is 13.3. The molecule has 3 heterocycles. The normalized spacial score (nSPS) is 15.3. The number of aryl methyl sites for hydroxylation is 1. The predicted molar refractivity (Wildman–Crippen MR) is 90.7 cm³/mol. The van der Waals surface area contributed by atoms with Crippen molar-refractivity contribution in [3.63, 3.8) is 0 Å². The van der Waals surface area contributed by atoms with E-state index in [1.165, 1.54) is 0 Å². The highest BCUT2D eigenvalue weighted by atomic mass is 35.5. The lowest BCUT2D eigenvalue weighted by molar-refractivity contribution is 0.0819. The van der Waals surface area contributed by atoms with Crippen LogP contribution in [0.4, 0.5) is 5.69 Å². The van der Waals surface area contributed by atoms with Crippen molar-refractivity contribution in [2.75, 3.05) is 25.1 Å². The summed E-state index contributed by atoms with van der Waals surface area (Å²) in [6, 6.07) is 1.89. The Morgan fingerprint density at radius 1 is 1.26 bits per heavy atom. The molecular weight excluding hydrogens is 312 g/mol. The van der Waals surface area contributed by atoms with Gasteiger partial charge in [-0.1, -0.05) is 23.4 Å². The fourth-order valence-electron chi connectivity index (χ4n) is 2.74. The number of hydrogen-bond acceptors (Lipinski definition) is 4. The molecule has 0 saturated carbocycles. The van der Waals surface area contributed by atoms with Crippen LogP contribution in [0, 0.1) is 11.8 Å². The third kappa shape index (κ3) is 3.84. The number of nitrogens with zero attached hydrogens (tertiary/aromatic N) is 4. The van der Waals surface area contributed by atoms with Crippen LogP contribution in [-0.4, -0.2) is 41.1 Å². The Labute approximate surface area is 141 Å². The number of methoxy groups -OCH3 is 1. The van der Waals surface area contributed by atoms with E-state index in [1.807, 2.05) is 19.3 Å². The van der Waals surface area contributed by atoms with E-state index in [9.17, 15) is 0 Å². The van der Waals surface area contributed by atoms with E-state index >= 15 is 0 Å². The second-order valence-corrected chi connectivity index (χ2v) is 5.99. The van der Waals surface area contributed by atoms with Crippen molar-refractivity contribution in [2.24, 2.45) is 7.05 Å². The number of aromatic nitrogens is 3. The summed E-state index contributed by atoms with van der Waals surface area (Å²) in [4.78, 5) is 6.48. The van der Waals surface area contributed by atoms with Gasteiger partial charge in [0.25, 0.3) is 0 Å². The second-order valence-electron chi connectivity index (χ2n) is 5.60. The van der Waals surface area contributed by atoms with Crippen LogP contribution in [-0.2, 0) is 11.8 Å². The molecule has 0 unspecified atom stereocenters. The van der Waals surface area contributed by atoms with Crippen molar-refractivity contribution in [1.82, 2.24) is 14.8 Å². The minimum Gasteiger partial charge on any atom is -0.381 e. The van der Waals surface area contributed by atoms with Crippen LogP contribution in [0.15, 0.2) is 24.7 Å². The molecule has 1 aliphatic heterocycles. The first kappa shape index (κ1) is 15.9. The first-order valence-corrected chi connectivity index (χ1v) is 7.97. The van der Waals surface area contributed by atoms with Crippen LogP contribution in [0.3, 0.4) is 0 Å². The average molecular weight is 331 g/mol. The van der Waals surface area contributed by atoms with E-state index in [2.05, 4.69) is 26.8 Å². The molecule has 0 radical (unpaired) electrons. The van der Waals surface area contributed by atoms with E-state index in [0.29, 0.717) is 11.3 Å². The maximum atomic E-state index is 6.09. The van der Waals surface area contributed by atoms with Crippen LogP contribution >= 0.6 is 11.6 Å². The molecule has 2 aromatic heterocycles. The molecule has 6 heteroatoms. The van der Waals surface area contributed by atoms with Gasteiger partial charge in [-0.15, -0.1) is 0 Å². The van der Waals surface area contributed by atoms with E-state index < -0.39 is 0 Å². The summed E-state index contributed by atoms with van der Waals surface area (Å²) in [7, 11) is 3.65. The molecule has 23 heavy (non-hydrogen) atoms. The van der Waals surface area contributed by atoms with Gasteiger partial charge in [-0.25, -0.2) is 4.98 Å². The average Bonchev–Trinajstić information content (AvgIpc) is 2.99. The Balaban J connectivity index is 1.85. The van der Waals surface area contributed by atoms with Crippen molar-refractivity contribution in [2.45, 2.75) is 18.9 Å². The minimum absolute atomic E-state index is 0.341. The molecule has 1 saturated heterocycles. The maximum Gasteiger partial charge on any atom is 0.131 e. The minimum atomic E-state index is 0.341. The van der Waals surface area contributed by atoms with Gasteiger partial charge in [-0.2, -0.15) is 5.10 Å². The Kier molecular flexibility index (Phi) is 4.85. The fraction of sp³-hybridized carbons (Fsp3) is 0.412. The lowest BCUT2D eigenvalue weighted by Crippen LogP contribution is -2.37. The number of pyridine rings is 1. The molecule has 1 fully saturated rings. The Bertz CT molecular complexity index is 739. The maximum absolute atomic E-state index is 6.09. The van der Waals surface area contributed by atoms with E-state index in [4.69, 9.17) is 16.3 Å². The van der Waals surface area contributed by atoms with Crippen molar-refractivity contribution in [3.05, 3.63) is 40.9 Å². The molecular formula is C17H19ClN4O. The van der Waals surface area contributed by atoms with Gasteiger partial charge in [0.1, 0.15) is 5.15 Å². The van der Waals surface area contributed by atoms with E-state index in [0.717, 1.165) is 42.7 Å². The molecule has 1 aliphatic rings. The molecule has 0 bridgehead atoms. The molecule has 5 nitrogen and oxygen atoms in total. The van der Waals surface area contributed by atoms with Crippen LogP contribution in [0.2, 0.25) is 5.15 Å². The summed E-state index contributed by atoms with van der Waals surface area (Å²) in [5, 5.41) is 4.61. The molecule has 0 N–H and O–H groups in total. The zero-order valence-corrected chi connectivity index (χ0v) is 14.0. The van der Waals surface area contributed by atoms with Crippen LogP contribution in [0.25, 0.3) is 0 Å². The number of halogens is 1.